The number of nitrogens with one attached hydrogen (secondary N) is 1. The molecule has 0 heterocycles. The second-order valence-electron chi connectivity index (χ2n) is 5.66. The molecule has 21 heavy (non-hydrogen) atoms. The van der Waals surface area contributed by atoms with Gasteiger partial charge < -0.3 is 5.32 Å². The molecule has 2 rings (SSSR count). The van der Waals surface area contributed by atoms with Gasteiger partial charge in [-0.1, -0.05) is 26.2 Å². The predicted molar refractivity (Wildman–Crippen MR) is 77.3 cm³/mol. The maximum absolute atomic E-state index is 13.8. The fraction of sp³-hybridized carbons (Fsp3) is 0.600. The molecule has 4 nitrogen and oxygen atoms in total. The number of anilines is 1. The molecule has 1 aliphatic rings. The minimum atomic E-state index is -1.14. The van der Waals surface area contributed by atoms with E-state index >= 15 is 0 Å². The highest BCUT2D eigenvalue weighted by atomic mass is 19.1. The molecule has 0 radical (unpaired) electrons. The summed E-state index contributed by atoms with van der Waals surface area (Å²) in [6.45, 7) is 2.17. The van der Waals surface area contributed by atoms with E-state index in [1.807, 2.05) is 0 Å². The molecule has 1 aromatic carbocycles. The van der Waals surface area contributed by atoms with Gasteiger partial charge in [0, 0.05) is 18.2 Å². The van der Waals surface area contributed by atoms with E-state index in [9.17, 15) is 18.9 Å². The van der Waals surface area contributed by atoms with Crippen LogP contribution < -0.4 is 5.32 Å². The van der Waals surface area contributed by atoms with E-state index in [4.69, 9.17) is 0 Å². The second kappa shape index (κ2) is 6.83. The van der Waals surface area contributed by atoms with Crippen molar-refractivity contribution in [2.45, 2.75) is 51.5 Å². The van der Waals surface area contributed by atoms with Crippen molar-refractivity contribution >= 4 is 11.4 Å². The lowest BCUT2D eigenvalue weighted by Crippen LogP contribution is -2.19. The van der Waals surface area contributed by atoms with Crippen molar-refractivity contribution < 1.29 is 13.7 Å². The van der Waals surface area contributed by atoms with Gasteiger partial charge in [-0.2, -0.15) is 4.39 Å². The first kappa shape index (κ1) is 15.7. The molecule has 0 amide bonds. The summed E-state index contributed by atoms with van der Waals surface area (Å²) in [5, 5.41) is 13.7. The molecule has 0 saturated heterocycles. The molecule has 6 heteroatoms. The van der Waals surface area contributed by atoms with Crippen LogP contribution in [0.25, 0.3) is 0 Å². The van der Waals surface area contributed by atoms with Crippen LogP contribution in [-0.4, -0.2) is 11.0 Å². The normalized spacial score (nSPS) is 22.6. The van der Waals surface area contributed by atoms with Crippen LogP contribution in [-0.2, 0) is 0 Å². The first-order valence-electron chi connectivity index (χ1n) is 7.41. The Hall–Kier alpha value is -1.72. The minimum Gasteiger partial charge on any atom is -0.380 e. The average molecular weight is 298 g/mol. The van der Waals surface area contributed by atoms with Gasteiger partial charge in [-0.25, -0.2) is 4.39 Å². The molecular formula is C15H20F2N2O2. The van der Waals surface area contributed by atoms with E-state index < -0.39 is 22.2 Å². The van der Waals surface area contributed by atoms with Gasteiger partial charge in [-0.3, -0.25) is 10.1 Å². The Morgan fingerprint density at radius 3 is 2.67 bits per heavy atom. The summed E-state index contributed by atoms with van der Waals surface area (Å²) in [6.07, 6.45) is 6.24. The van der Waals surface area contributed by atoms with Crippen LogP contribution in [0, 0.1) is 27.7 Å². The summed E-state index contributed by atoms with van der Waals surface area (Å²) in [5.41, 5.74) is -0.679. The lowest BCUT2D eigenvalue weighted by atomic mass is 9.98. The highest BCUT2D eigenvalue weighted by Crippen LogP contribution is 2.30. The monoisotopic (exact) mass is 298 g/mol. The van der Waals surface area contributed by atoms with Crippen molar-refractivity contribution in [2.24, 2.45) is 5.92 Å². The zero-order valence-corrected chi connectivity index (χ0v) is 12.1. The van der Waals surface area contributed by atoms with Crippen LogP contribution in [0.2, 0.25) is 0 Å². The Kier molecular flexibility index (Phi) is 5.09. The number of hydrogen-bond acceptors (Lipinski definition) is 3. The molecule has 0 spiro atoms. The number of hydrogen-bond donors (Lipinski definition) is 1. The van der Waals surface area contributed by atoms with Gasteiger partial charge in [0.25, 0.3) is 0 Å². The topological polar surface area (TPSA) is 55.2 Å². The van der Waals surface area contributed by atoms with Crippen LogP contribution in [0.3, 0.4) is 0 Å². The van der Waals surface area contributed by atoms with Crippen molar-refractivity contribution in [2.75, 3.05) is 5.32 Å². The van der Waals surface area contributed by atoms with Gasteiger partial charge in [0.05, 0.1) is 10.6 Å². The summed E-state index contributed by atoms with van der Waals surface area (Å²) >= 11 is 0. The fourth-order valence-electron chi connectivity index (χ4n) is 2.94. The Morgan fingerprint density at radius 2 is 2.00 bits per heavy atom. The van der Waals surface area contributed by atoms with Gasteiger partial charge in [0.15, 0.2) is 0 Å². The molecule has 1 fully saturated rings. The quantitative estimate of drug-likeness (QED) is 0.500. The Labute approximate surface area is 122 Å². The van der Waals surface area contributed by atoms with Gasteiger partial charge >= 0.3 is 5.69 Å². The molecule has 0 aromatic heterocycles. The van der Waals surface area contributed by atoms with Crippen LogP contribution in [0.4, 0.5) is 20.2 Å². The van der Waals surface area contributed by atoms with Gasteiger partial charge in [-0.05, 0) is 25.2 Å². The summed E-state index contributed by atoms with van der Waals surface area (Å²) in [6, 6.07) is 1.61. The Morgan fingerprint density at radius 1 is 1.24 bits per heavy atom. The number of rotatable bonds is 4. The first-order chi connectivity index (χ1) is 10.0. The molecule has 0 bridgehead atoms. The van der Waals surface area contributed by atoms with Crippen molar-refractivity contribution in [3.8, 4) is 0 Å². The third kappa shape index (κ3) is 3.89. The van der Waals surface area contributed by atoms with E-state index in [2.05, 4.69) is 12.2 Å². The zero-order valence-electron chi connectivity index (χ0n) is 12.1. The lowest BCUT2D eigenvalue weighted by Gasteiger charge is -2.18. The smallest absolute Gasteiger partial charge is 0.307 e. The molecule has 2 unspecified atom stereocenters. The molecular weight excluding hydrogens is 278 g/mol. The van der Waals surface area contributed by atoms with Crippen LogP contribution in [0.15, 0.2) is 12.1 Å². The number of benzene rings is 1. The molecule has 1 saturated carbocycles. The van der Waals surface area contributed by atoms with E-state index in [1.54, 1.807) is 0 Å². The van der Waals surface area contributed by atoms with Crippen LogP contribution in [0.5, 0.6) is 0 Å². The largest absolute Gasteiger partial charge is 0.380 e. The Bertz CT molecular complexity index is 523. The van der Waals surface area contributed by atoms with Crippen LogP contribution >= 0.6 is 0 Å². The molecule has 1 aliphatic carbocycles. The first-order valence-corrected chi connectivity index (χ1v) is 7.41. The van der Waals surface area contributed by atoms with Gasteiger partial charge in [-0.15, -0.1) is 0 Å². The molecule has 2 atom stereocenters. The van der Waals surface area contributed by atoms with E-state index in [0.29, 0.717) is 12.0 Å². The third-order valence-corrected chi connectivity index (χ3v) is 4.26. The number of nitrogens with zero attached hydrogens (tertiary/aromatic N) is 1. The Balaban J connectivity index is 2.12. The maximum atomic E-state index is 13.8. The van der Waals surface area contributed by atoms with Crippen molar-refractivity contribution in [3.05, 3.63) is 33.9 Å². The van der Waals surface area contributed by atoms with E-state index in [0.717, 1.165) is 38.2 Å². The highest BCUT2D eigenvalue weighted by molar-refractivity contribution is 5.53. The highest BCUT2D eigenvalue weighted by Gasteiger charge is 2.22. The van der Waals surface area contributed by atoms with Crippen molar-refractivity contribution in [3.63, 3.8) is 0 Å². The summed E-state index contributed by atoms with van der Waals surface area (Å²) in [7, 11) is 0. The molecule has 116 valence electrons. The summed E-state index contributed by atoms with van der Waals surface area (Å²) in [4.78, 5) is 9.90. The number of nitro benzene ring substituents is 1. The van der Waals surface area contributed by atoms with Crippen molar-refractivity contribution in [1.29, 1.82) is 0 Å². The predicted octanol–water partition coefficient (Wildman–Crippen LogP) is 4.64. The standard InChI is InChI=1S/C15H20F2N2O2/c1-2-10-4-3-5-11(7-6-10)18-14-9-15(19(20)21)13(17)8-12(14)16/h8-11,18H,2-7H2,1H3. The number of halogens is 2. The van der Waals surface area contributed by atoms with Gasteiger partial charge in [0.1, 0.15) is 5.82 Å². The maximum Gasteiger partial charge on any atom is 0.307 e. The fourth-order valence-corrected chi connectivity index (χ4v) is 2.94. The lowest BCUT2D eigenvalue weighted by molar-refractivity contribution is -0.387. The summed E-state index contributed by atoms with van der Waals surface area (Å²) < 4.78 is 27.1. The molecule has 1 aromatic rings. The van der Waals surface area contributed by atoms with Crippen molar-refractivity contribution in [1.82, 2.24) is 0 Å². The second-order valence-corrected chi connectivity index (χ2v) is 5.66. The molecule has 1 N–H and O–H groups in total. The van der Waals surface area contributed by atoms with E-state index in [-0.39, 0.29) is 11.7 Å². The molecule has 0 aliphatic heterocycles. The summed E-state index contributed by atoms with van der Waals surface area (Å²) in [5.74, 6) is -1.23. The SMILES string of the molecule is CCC1CCCC(Nc2cc([N+](=O)[O-])c(F)cc2F)CC1. The van der Waals surface area contributed by atoms with Crippen LogP contribution in [0.1, 0.15) is 45.4 Å². The third-order valence-electron chi connectivity index (χ3n) is 4.26. The van der Waals surface area contributed by atoms with E-state index in [1.165, 1.54) is 6.42 Å². The average Bonchev–Trinajstić information content (AvgIpc) is 2.66. The van der Waals surface area contributed by atoms with Gasteiger partial charge in [0.2, 0.25) is 5.82 Å². The minimum absolute atomic E-state index is 0.0167. The zero-order chi connectivity index (χ0) is 15.4. The number of nitro groups is 1.